The van der Waals surface area contributed by atoms with Gasteiger partial charge in [0.2, 0.25) is 5.91 Å². The number of benzene rings is 1. The lowest BCUT2D eigenvalue weighted by atomic mass is 10.1. The van der Waals surface area contributed by atoms with Crippen LogP contribution < -0.4 is 4.74 Å². The predicted molar refractivity (Wildman–Crippen MR) is 81.2 cm³/mol. The average Bonchev–Trinajstić information content (AvgIpc) is 2.49. The van der Waals surface area contributed by atoms with Gasteiger partial charge in [-0.1, -0.05) is 12.1 Å². The number of carbonyl (C=O) groups excluding carboxylic acids is 1. The van der Waals surface area contributed by atoms with Crippen LogP contribution in [0.15, 0.2) is 24.3 Å². The van der Waals surface area contributed by atoms with Crippen molar-refractivity contribution >= 4 is 5.91 Å². The summed E-state index contributed by atoms with van der Waals surface area (Å²) < 4.78 is 18.7. The number of β-amino-alcohol motifs (C(OH)–C–C–N with tert-alkyl or cyclic N) is 1. The van der Waals surface area contributed by atoms with Gasteiger partial charge >= 0.3 is 0 Å². The molecule has 0 spiro atoms. The van der Waals surface area contributed by atoms with Gasteiger partial charge in [0, 0.05) is 13.6 Å². The summed E-state index contributed by atoms with van der Waals surface area (Å²) in [6.07, 6.45) is 1.38. The topological polar surface area (TPSA) is 53.0 Å². The summed E-state index contributed by atoms with van der Waals surface area (Å²) in [6, 6.07) is 6.21. The fraction of sp³-hybridized carbons (Fsp3) is 0.562. The van der Waals surface area contributed by atoms with Crippen molar-refractivity contribution in [1.82, 2.24) is 9.80 Å². The lowest BCUT2D eigenvalue weighted by Gasteiger charge is -2.30. The maximum absolute atomic E-state index is 13.4. The van der Waals surface area contributed by atoms with Crippen molar-refractivity contribution < 1.29 is 19.0 Å². The van der Waals surface area contributed by atoms with E-state index in [4.69, 9.17) is 4.74 Å². The number of ether oxygens (including phenoxy) is 1. The third kappa shape index (κ3) is 4.96. The highest BCUT2D eigenvalue weighted by atomic mass is 19.1. The second-order valence-corrected chi connectivity index (χ2v) is 5.63. The molecule has 22 heavy (non-hydrogen) atoms. The molecule has 0 aliphatic carbocycles. The minimum atomic E-state index is -0.404. The molecule has 1 aromatic rings. The van der Waals surface area contributed by atoms with Crippen LogP contribution in [0.4, 0.5) is 4.39 Å². The number of nitrogens with zero attached hydrogens (tertiary/aromatic N) is 2. The van der Waals surface area contributed by atoms with E-state index in [9.17, 15) is 14.3 Å². The number of hydrogen-bond acceptors (Lipinski definition) is 4. The second-order valence-electron chi connectivity index (χ2n) is 5.63. The van der Waals surface area contributed by atoms with Crippen molar-refractivity contribution in [2.45, 2.75) is 18.9 Å². The Morgan fingerprint density at radius 1 is 1.50 bits per heavy atom. The summed E-state index contributed by atoms with van der Waals surface area (Å²) in [5.41, 5.74) is 0. The van der Waals surface area contributed by atoms with Crippen LogP contribution in [0.5, 0.6) is 5.75 Å². The Kier molecular flexibility index (Phi) is 6.15. The zero-order chi connectivity index (χ0) is 15.9. The molecule has 1 unspecified atom stereocenters. The van der Waals surface area contributed by atoms with Crippen LogP contribution in [0.3, 0.4) is 0 Å². The third-order valence-corrected chi connectivity index (χ3v) is 3.79. The molecule has 1 saturated heterocycles. The standard InChI is InChI=1S/C16H23FN2O3/c1-18(9-10-22-15-7-3-2-6-14(15)17)16(21)12-19-8-4-5-13(20)11-19/h2-3,6-7,13,20H,4-5,8-12H2,1H3. The fourth-order valence-corrected chi connectivity index (χ4v) is 2.47. The van der Waals surface area contributed by atoms with Gasteiger partial charge < -0.3 is 14.7 Å². The lowest BCUT2D eigenvalue weighted by Crippen LogP contribution is -2.45. The van der Waals surface area contributed by atoms with Crippen molar-refractivity contribution in [3.05, 3.63) is 30.1 Å². The maximum Gasteiger partial charge on any atom is 0.236 e. The molecule has 1 aliphatic rings. The highest BCUT2D eigenvalue weighted by Crippen LogP contribution is 2.15. The van der Waals surface area contributed by atoms with E-state index in [1.165, 1.54) is 6.07 Å². The Hall–Kier alpha value is -1.66. The van der Waals surface area contributed by atoms with Gasteiger partial charge in [-0.2, -0.15) is 0 Å². The zero-order valence-electron chi connectivity index (χ0n) is 12.9. The Labute approximate surface area is 130 Å². The van der Waals surface area contributed by atoms with Crippen molar-refractivity contribution in [3.8, 4) is 5.75 Å². The number of aliphatic hydroxyl groups is 1. The smallest absolute Gasteiger partial charge is 0.236 e. The molecule has 5 nitrogen and oxygen atoms in total. The van der Waals surface area contributed by atoms with E-state index in [0.717, 1.165) is 19.4 Å². The first-order valence-corrected chi connectivity index (χ1v) is 7.58. The van der Waals surface area contributed by atoms with Crippen LogP contribution >= 0.6 is 0 Å². The minimum Gasteiger partial charge on any atom is -0.489 e. The van der Waals surface area contributed by atoms with Crippen LogP contribution in [-0.4, -0.2) is 66.8 Å². The summed E-state index contributed by atoms with van der Waals surface area (Å²) in [4.78, 5) is 15.6. The molecule has 0 bridgehead atoms. The van der Waals surface area contributed by atoms with E-state index >= 15 is 0 Å². The number of likely N-dealkylation sites (N-methyl/N-ethyl adjacent to an activating group) is 1. The molecule has 1 aliphatic heterocycles. The molecule has 1 atom stereocenters. The Bertz CT molecular complexity index is 498. The van der Waals surface area contributed by atoms with Crippen molar-refractivity contribution in [2.75, 3.05) is 39.8 Å². The monoisotopic (exact) mass is 310 g/mol. The van der Waals surface area contributed by atoms with Crippen LogP contribution in [0.1, 0.15) is 12.8 Å². The third-order valence-electron chi connectivity index (χ3n) is 3.79. The van der Waals surface area contributed by atoms with Gasteiger partial charge in [0.05, 0.1) is 19.2 Å². The number of hydrogen-bond donors (Lipinski definition) is 1. The number of piperidine rings is 1. The van der Waals surface area contributed by atoms with E-state index in [1.54, 1.807) is 30.1 Å². The number of aliphatic hydroxyl groups excluding tert-OH is 1. The molecule has 1 fully saturated rings. The summed E-state index contributed by atoms with van der Waals surface area (Å²) in [7, 11) is 1.70. The molecule has 1 aromatic carbocycles. The molecule has 1 heterocycles. The molecule has 1 amide bonds. The maximum atomic E-state index is 13.4. The van der Waals surface area contributed by atoms with Gasteiger partial charge in [-0.25, -0.2) is 4.39 Å². The molecule has 122 valence electrons. The Balaban J connectivity index is 1.71. The number of rotatable bonds is 6. The normalized spacial score (nSPS) is 19.0. The quantitative estimate of drug-likeness (QED) is 0.855. The predicted octanol–water partition coefficient (Wildman–Crippen LogP) is 1.12. The fourth-order valence-electron chi connectivity index (χ4n) is 2.47. The van der Waals surface area contributed by atoms with Gasteiger partial charge in [-0.15, -0.1) is 0 Å². The molecular weight excluding hydrogens is 287 g/mol. The number of carbonyl (C=O) groups is 1. The van der Waals surface area contributed by atoms with Crippen LogP contribution in [0.25, 0.3) is 0 Å². The van der Waals surface area contributed by atoms with E-state index in [-0.39, 0.29) is 24.4 Å². The Morgan fingerprint density at radius 2 is 2.27 bits per heavy atom. The number of para-hydroxylation sites is 1. The first-order chi connectivity index (χ1) is 10.6. The SMILES string of the molecule is CN(CCOc1ccccc1F)C(=O)CN1CCCC(O)C1. The van der Waals surface area contributed by atoms with E-state index in [2.05, 4.69) is 0 Å². The van der Waals surface area contributed by atoms with Crippen molar-refractivity contribution in [3.63, 3.8) is 0 Å². The number of likely N-dealkylation sites (tertiary alicyclic amines) is 1. The van der Waals surface area contributed by atoms with Crippen LogP contribution in [-0.2, 0) is 4.79 Å². The highest BCUT2D eigenvalue weighted by Gasteiger charge is 2.21. The zero-order valence-corrected chi connectivity index (χ0v) is 12.9. The van der Waals surface area contributed by atoms with Crippen molar-refractivity contribution in [1.29, 1.82) is 0 Å². The summed E-state index contributed by atoms with van der Waals surface area (Å²) in [6.45, 7) is 2.32. The average molecular weight is 310 g/mol. The number of amides is 1. The van der Waals surface area contributed by atoms with Gasteiger partial charge in [0.15, 0.2) is 11.6 Å². The number of halogens is 1. The first-order valence-electron chi connectivity index (χ1n) is 7.58. The van der Waals surface area contributed by atoms with Gasteiger partial charge in [0.25, 0.3) is 0 Å². The van der Waals surface area contributed by atoms with Crippen LogP contribution in [0, 0.1) is 5.82 Å². The van der Waals surface area contributed by atoms with Gasteiger partial charge in [-0.3, -0.25) is 9.69 Å². The Morgan fingerprint density at radius 3 is 3.00 bits per heavy atom. The van der Waals surface area contributed by atoms with E-state index in [0.29, 0.717) is 19.6 Å². The van der Waals surface area contributed by atoms with Crippen LogP contribution in [0.2, 0.25) is 0 Å². The summed E-state index contributed by atoms with van der Waals surface area (Å²) in [5.74, 6) is -0.229. The summed E-state index contributed by atoms with van der Waals surface area (Å²) >= 11 is 0. The van der Waals surface area contributed by atoms with Gasteiger partial charge in [-0.05, 0) is 31.5 Å². The largest absolute Gasteiger partial charge is 0.489 e. The highest BCUT2D eigenvalue weighted by molar-refractivity contribution is 5.78. The van der Waals surface area contributed by atoms with E-state index in [1.807, 2.05) is 4.90 Å². The molecule has 1 N–H and O–H groups in total. The molecule has 0 aromatic heterocycles. The van der Waals surface area contributed by atoms with E-state index < -0.39 is 5.82 Å². The molecule has 6 heteroatoms. The van der Waals surface area contributed by atoms with Gasteiger partial charge in [0.1, 0.15) is 6.61 Å². The lowest BCUT2D eigenvalue weighted by molar-refractivity contribution is -0.132. The second kappa shape index (κ2) is 8.10. The first kappa shape index (κ1) is 16.7. The summed E-state index contributed by atoms with van der Waals surface area (Å²) in [5, 5.41) is 9.60. The molecule has 2 rings (SSSR count). The molecular formula is C16H23FN2O3. The van der Waals surface area contributed by atoms with Crippen molar-refractivity contribution in [2.24, 2.45) is 0 Å². The minimum absolute atomic E-state index is 0.0220. The molecule has 0 saturated carbocycles. The molecule has 0 radical (unpaired) electrons.